The number of benzene rings is 1. The Morgan fingerprint density at radius 2 is 2.14 bits per heavy atom. The van der Waals surface area contributed by atoms with Crippen LogP contribution in [0.1, 0.15) is 34.7 Å². The number of nitrogens with zero attached hydrogens (tertiary/aromatic N) is 1. The number of aryl methyl sites for hydroxylation is 1. The molecule has 0 radical (unpaired) electrons. The Morgan fingerprint density at radius 1 is 1.23 bits per heavy atom. The minimum absolute atomic E-state index is 0.150. The molecule has 0 saturated carbocycles. The van der Waals surface area contributed by atoms with Crippen molar-refractivity contribution in [1.29, 1.82) is 0 Å². The fourth-order valence-electron chi connectivity index (χ4n) is 3.09. The molecule has 2 nitrogen and oxygen atoms in total. The van der Waals surface area contributed by atoms with E-state index in [-0.39, 0.29) is 11.9 Å². The zero-order valence-corrected chi connectivity index (χ0v) is 13.8. The average molecular weight is 318 g/mol. The van der Waals surface area contributed by atoms with Crippen LogP contribution in [-0.2, 0) is 6.42 Å². The fraction of sp³-hybridized carbons (Fsp3) is 0.444. The summed E-state index contributed by atoms with van der Waals surface area (Å²) in [7, 11) is 0. The van der Waals surface area contributed by atoms with E-state index in [4.69, 9.17) is 0 Å². The maximum atomic E-state index is 13.7. The molecule has 0 bridgehead atoms. The molecule has 1 aliphatic rings. The highest BCUT2D eigenvalue weighted by atomic mass is 32.1. The first-order chi connectivity index (χ1) is 10.8. The van der Waals surface area contributed by atoms with Crippen molar-refractivity contribution in [3.63, 3.8) is 0 Å². The van der Waals surface area contributed by atoms with Crippen molar-refractivity contribution in [1.82, 2.24) is 10.2 Å². The Kier molecular flexibility index (Phi) is 5.24. The van der Waals surface area contributed by atoms with Crippen molar-refractivity contribution in [2.24, 2.45) is 0 Å². The van der Waals surface area contributed by atoms with Crippen LogP contribution < -0.4 is 5.32 Å². The topological polar surface area (TPSA) is 15.3 Å². The molecule has 0 amide bonds. The van der Waals surface area contributed by atoms with Crippen LogP contribution in [0.3, 0.4) is 0 Å². The van der Waals surface area contributed by atoms with Crippen LogP contribution in [0.5, 0.6) is 0 Å². The van der Waals surface area contributed by atoms with Gasteiger partial charge in [-0.25, -0.2) is 4.39 Å². The van der Waals surface area contributed by atoms with Crippen molar-refractivity contribution < 1.29 is 4.39 Å². The summed E-state index contributed by atoms with van der Waals surface area (Å²) >= 11 is 1.86. The largest absolute Gasteiger partial charge is 0.315 e. The molecule has 1 atom stereocenters. The first-order valence-electron chi connectivity index (χ1n) is 8.07. The highest BCUT2D eigenvalue weighted by Gasteiger charge is 2.24. The minimum atomic E-state index is -0.150. The van der Waals surface area contributed by atoms with Gasteiger partial charge in [-0.3, -0.25) is 4.90 Å². The monoisotopic (exact) mass is 318 g/mol. The Balaban J connectivity index is 1.97. The van der Waals surface area contributed by atoms with Gasteiger partial charge in [-0.1, -0.05) is 19.1 Å². The van der Waals surface area contributed by atoms with E-state index in [1.54, 1.807) is 6.07 Å². The van der Waals surface area contributed by atoms with Gasteiger partial charge in [0, 0.05) is 29.4 Å². The summed E-state index contributed by atoms with van der Waals surface area (Å²) in [5, 5.41) is 3.45. The Morgan fingerprint density at radius 3 is 2.91 bits per heavy atom. The number of hydrogen-bond donors (Lipinski definition) is 1. The van der Waals surface area contributed by atoms with Crippen molar-refractivity contribution in [3.05, 3.63) is 57.5 Å². The molecule has 1 fully saturated rings. The first-order valence-corrected chi connectivity index (χ1v) is 8.88. The molecule has 1 aromatic heterocycles. The SMILES string of the molecule is CCc1ccc(C(c2cccc(F)c2)N2CCCNCC2)s1. The molecule has 1 saturated heterocycles. The third-order valence-electron chi connectivity index (χ3n) is 4.20. The lowest BCUT2D eigenvalue weighted by Crippen LogP contribution is -2.32. The summed E-state index contributed by atoms with van der Waals surface area (Å²) in [6.07, 6.45) is 2.19. The van der Waals surface area contributed by atoms with Crippen molar-refractivity contribution in [2.45, 2.75) is 25.8 Å². The Labute approximate surface area is 136 Å². The van der Waals surface area contributed by atoms with Gasteiger partial charge < -0.3 is 5.32 Å². The van der Waals surface area contributed by atoms with E-state index in [0.717, 1.165) is 44.6 Å². The number of hydrogen-bond acceptors (Lipinski definition) is 3. The second-order valence-electron chi connectivity index (χ2n) is 5.75. The number of thiophene rings is 1. The molecule has 2 heterocycles. The van der Waals surface area contributed by atoms with Gasteiger partial charge in [-0.2, -0.15) is 0 Å². The van der Waals surface area contributed by atoms with Crippen LogP contribution in [-0.4, -0.2) is 31.1 Å². The molecule has 1 aliphatic heterocycles. The van der Waals surface area contributed by atoms with Crippen LogP contribution in [0.15, 0.2) is 36.4 Å². The third kappa shape index (κ3) is 3.57. The molecule has 2 aromatic rings. The van der Waals surface area contributed by atoms with Crippen molar-refractivity contribution in [2.75, 3.05) is 26.2 Å². The van der Waals surface area contributed by atoms with Crippen molar-refractivity contribution >= 4 is 11.3 Å². The molecular weight excluding hydrogens is 295 g/mol. The third-order valence-corrected chi connectivity index (χ3v) is 5.49. The first kappa shape index (κ1) is 15.7. The van der Waals surface area contributed by atoms with Gasteiger partial charge in [-0.05, 0) is 49.2 Å². The predicted molar refractivity (Wildman–Crippen MR) is 91.0 cm³/mol. The van der Waals surface area contributed by atoms with Crippen molar-refractivity contribution in [3.8, 4) is 0 Å². The summed E-state index contributed by atoms with van der Waals surface area (Å²) in [6, 6.07) is 11.7. The van der Waals surface area contributed by atoms with E-state index in [1.165, 1.54) is 15.8 Å². The number of nitrogens with one attached hydrogen (secondary N) is 1. The highest BCUT2D eigenvalue weighted by Crippen LogP contribution is 2.34. The maximum Gasteiger partial charge on any atom is 0.123 e. The van der Waals surface area contributed by atoms with Crippen LogP contribution >= 0.6 is 11.3 Å². The highest BCUT2D eigenvalue weighted by molar-refractivity contribution is 7.12. The Hall–Kier alpha value is -1.23. The van der Waals surface area contributed by atoms with Gasteiger partial charge >= 0.3 is 0 Å². The molecule has 1 aromatic carbocycles. The fourth-order valence-corrected chi connectivity index (χ4v) is 4.20. The molecule has 3 rings (SSSR count). The summed E-state index contributed by atoms with van der Waals surface area (Å²) < 4.78 is 13.7. The lowest BCUT2D eigenvalue weighted by Gasteiger charge is -2.30. The second kappa shape index (κ2) is 7.36. The smallest absolute Gasteiger partial charge is 0.123 e. The van der Waals surface area contributed by atoms with Gasteiger partial charge in [-0.15, -0.1) is 11.3 Å². The molecule has 0 spiro atoms. The van der Waals surface area contributed by atoms with E-state index in [9.17, 15) is 4.39 Å². The lowest BCUT2D eigenvalue weighted by atomic mass is 10.0. The van der Waals surface area contributed by atoms with Crippen LogP contribution in [0, 0.1) is 5.82 Å². The number of rotatable bonds is 4. The lowest BCUT2D eigenvalue weighted by molar-refractivity contribution is 0.243. The number of halogens is 1. The standard InChI is InChI=1S/C18H23FN2S/c1-2-16-7-8-17(22-16)18(14-5-3-6-15(19)13-14)21-11-4-9-20-10-12-21/h3,5-8,13,18,20H,2,4,9-12H2,1H3. The summed E-state index contributed by atoms with van der Waals surface area (Å²) in [5.41, 5.74) is 1.06. The zero-order valence-electron chi connectivity index (χ0n) is 13.0. The van der Waals surface area contributed by atoms with Crippen LogP contribution in [0.4, 0.5) is 4.39 Å². The van der Waals surface area contributed by atoms with Gasteiger partial charge in [0.05, 0.1) is 6.04 Å². The second-order valence-corrected chi connectivity index (χ2v) is 6.95. The summed E-state index contributed by atoms with van der Waals surface area (Å²) in [6.45, 7) is 6.30. The van der Waals surface area contributed by atoms with E-state index < -0.39 is 0 Å². The maximum absolute atomic E-state index is 13.7. The van der Waals surface area contributed by atoms with Crippen LogP contribution in [0.25, 0.3) is 0 Å². The van der Waals surface area contributed by atoms with E-state index in [1.807, 2.05) is 17.4 Å². The van der Waals surface area contributed by atoms with Gasteiger partial charge in [0.15, 0.2) is 0 Å². The van der Waals surface area contributed by atoms with Gasteiger partial charge in [0.1, 0.15) is 5.82 Å². The van der Waals surface area contributed by atoms with E-state index in [0.29, 0.717) is 0 Å². The van der Waals surface area contributed by atoms with Gasteiger partial charge in [0.2, 0.25) is 0 Å². The minimum Gasteiger partial charge on any atom is -0.315 e. The van der Waals surface area contributed by atoms with E-state index in [2.05, 4.69) is 35.3 Å². The average Bonchev–Trinajstić information content (AvgIpc) is 2.83. The van der Waals surface area contributed by atoms with E-state index >= 15 is 0 Å². The van der Waals surface area contributed by atoms with Crippen LogP contribution in [0.2, 0.25) is 0 Å². The van der Waals surface area contributed by atoms with Gasteiger partial charge in [0.25, 0.3) is 0 Å². The molecule has 22 heavy (non-hydrogen) atoms. The predicted octanol–water partition coefficient (Wildman–Crippen LogP) is 3.83. The molecule has 4 heteroatoms. The molecule has 0 aliphatic carbocycles. The molecule has 1 unspecified atom stereocenters. The molecule has 118 valence electrons. The molecule has 1 N–H and O–H groups in total. The summed E-state index contributed by atoms with van der Waals surface area (Å²) in [4.78, 5) is 5.20. The Bertz CT molecular complexity index is 603. The quantitative estimate of drug-likeness (QED) is 0.921. The zero-order chi connectivity index (χ0) is 15.4. The normalized spacial score (nSPS) is 18.1. The summed E-state index contributed by atoms with van der Waals surface area (Å²) in [5.74, 6) is -0.150. The molecular formula is C18H23FN2S.